The van der Waals surface area contributed by atoms with Crippen LogP contribution in [0.4, 0.5) is 0 Å². The molecule has 1 aliphatic heterocycles. The number of carbonyl (C=O) groups excluding carboxylic acids is 1. The maximum Gasteiger partial charge on any atom is 0.261 e. The second-order valence-corrected chi connectivity index (χ2v) is 8.52. The fourth-order valence-electron chi connectivity index (χ4n) is 3.51. The number of ether oxygens (including phenoxy) is 1. The van der Waals surface area contributed by atoms with E-state index in [1.165, 1.54) is 4.88 Å². The van der Waals surface area contributed by atoms with Crippen molar-refractivity contribution in [3.63, 3.8) is 0 Å². The Bertz CT molecular complexity index is 1040. The number of hydrogen-bond acceptors (Lipinski definition) is 6. The minimum absolute atomic E-state index is 0.110. The molecular weight excluding hydrogens is 390 g/mol. The molecule has 3 aromatic rings. The van der Waals surface area contributed by atoms with Gasteiger partial charge in [-0.25, -0.2) is 4.98 Å². The molecule has 1 unspecified atom stereocenters. The number of carbonyl (C=O) groups is 1. The van der Waals surface area contributed by atoms with Gasteiger partial charge in [-0.15, -0.1) is 11.3 Å². The quantitative estimate of drug-likeness (QED) is 0.642. The molecule has 1 amide bonds. The third kappa shape index (κ3) is 4.58. The van der Waals surface area contributed by atoms with Gasteiger partial charge >= 0.3 is 0 Å². The number of thiazole rings is 1. The molecule has 3 aromatic heterocycles. The molecule has 0 bridgehead atoms. The number of fused-ring (bicyclic) bond motifs is 1. The number of amides is 1. The number of imidazole rings is 1. The molecule has 0 radical (unpaired) electrons. The summed E-state index contributed by atoms with van der Waals surface area (Å²) in [5.74, 6) is -0.400. The molecule has 9 heteroatoms. The summed E-state index contributed by atoms with van der Waals surface area (Å²) in [5, 5.41) is 2.78. The number of nitrogens with one attached hydrogen (secondary N) is 2. The van der Waals surface area contributed by atoms with Gasteiger partial charge in [-0.1, -0.05) is 6.92 Å². The standard InChI is InChI=1S/C20H25N5O3S/c1-3-16-12-24(6-7-28-16)10-14-4-5-17(19(27)22-14)18(26)21-8-15-11-25-9-13(2)29-20(25)23-15/h4-5,9,11,16H,3,6-8,10,12H2,1-2H3,(H,21,26)(H,22,27). The Labute approximate surface area is 172 Å². The zero-order valence-corrected chi connectivity index (χ0v) is 17.4. The summed E-state index contributed by atoms with van der Waals surface area (Å²) >= 11 is 1.60. The highest BCUT2D eigenvalue weighted by molar-refractivity contribution is 7.16. The molecule has 0 aliphatic carbocycles. The average Bonchev–Trinajstić information content (AvgIpc) is 3.23. The first-order valence-electron chi connectivity index (χ1n) is 9.80. The molecule has 0 aromatic carbocycles. The molecular formula is C20H25N5O3S. The largest absolute Gasteiger partial charge is 0.376 e. The molecule has 2 N–H and O–H groups in total. The first-order valence-corrected chi connectivity index (χ1v) is 10.6. The number of nitrogens with zero attached hydrogens (tertiary/aromatic N) is 3. The topological polar surface area (TPSA) is 91.7 Å². The van der Waals surface area contributed by atoms with Crippen molar-refractivity contribution in [3.05, 3.63) is 56.7 Å². The molecule has 1 fully saturated rings. The number of morpholine rings is 1. The molecule has 29 heavy (non-hydrogen) atoms. The zero-order chi connectivity index (χ0) is 20.4. The lowest BCUT2D eigenvalue weighted by Gasteiger charge is -2.32. The Balaban J connectivity index is 1.37. The summed E-state index contributed by atoms with van der Waals surface area (Å²) in [4.78, 5) is 36.5. The van der Waals surface area contributed by atoms with Crippen molar-refractivity contribution in [3.8, 4) is 0 Å². The van der Waals surface area contributed by atoms with E-state index in [0.29, 0.717) is 13.2 Å². The van der Waals surface area contributed by atoms with E-state index in [9.17, 15) is 9.59 Å². The molecule has 8 nitrogen and oxygen atoms in total. The highest BCUT2D eigenvalue weighted by Gasteiger charge is 2.19. The average molecular weight is 416 g/mol. The third-order valence-electron chi connectivity index (χ3n) is 5.04. The molecule has 4 rings (SSSR count). The fourth-order valence-corrected chi connectivity index (χ4v) is 4.34. The lowest BCUT2D eigenvalue weighted by Crippen LogP contribution is -2.42. The molecule has 1 atom stereocenters. The number of rotatable bonds is 6. The number of H-pyrrole nitrogens is 1. The second kappa shape index (κ2) is 8.48. The van der Waals surface area contributed by atoms with Gasteiger partial charge in [0, 0.05) is 42.6 Å². The van der Waals surface area contributed by atoms with Gasteiger partial charge in [0.2, 0.25) is 0 Å². The van der Waals surface area contributed by atoms with Crippen LogP contribution in [0.2, 0.25) is 0 Å². The van der Waals surface area contributed by atoms with Crippen LogP contribution in [0, 0.1) is 6.92 Å². The highest BCUT2D eigenvalue weighted by atomic mass is 32.1. The maximum atomic E-state index is 12.4. The summed E-state index contributed by atoms with van der Waals surface area (Å²) in [6, 6.07) is 3.40. The van der Waals surface area contributed by atoms with Crippen LogP contribution in [0.3, 0.4) is 0 Å². The van der Waals surface area contributed by atoms with E-state index >= 15 is 0 Å². The van der Waals surface area contributed by atoms with E-state index in [1.54, 1.807) is 17.4 Å². The summed E-state index contributed by atoms with van der Waals surface area (Å²) in [6.45, 7) is 7.44. The van der Waals surface area contributed by atoms with Crippen molar-refractivity contribution in [2.24, 2.45) is 0 Å². The van der Waals surface area contributed by atoms with Crippen molar-refractivity contribution in [2.45, 2.75) is 39.5 Å². The number of aromatic nitrogens is 3. The molecule has 0 saturated carbocycles. The Morgan fingerprint density at radius 2 is 2.28 bits per heavy atom. The van der Waals surface area contributed by atoms with E-state index in [1.807, 2.05) is 29.8 Å². The van der Waals surface area contributed by atoms with Crippen LogP contribution in [0.25, 0.3) is 4.96 Å². The van der Waals surface area contributed by atoms with E-state index < -0.39 is 5.91 Å². The van der Waals surface area contributed by atoms with Gasteiger partial charge in [0.15, 0.2) is 4.96 Å². The predicted molar refractivity (Wildman–Crippen MR) is 111 cm³/mol. The Morgan fingerprint density at radius 3 is 3.03 bits per heavy atom. The third-order valence-corrected chi connectivity index (χ3v) is 5.95. The summed E-state index contributed by atoms with van der Waals surface area (Å²) < 4.78 is 7.62. The van der Waals surface area contributed by atoms with Gasteiger partial charge in [-0.05, 0) is 25.5 Å². The van der Waals surface area contributed by atoms with Crippen LogP contribution in [-0.4, -0.2) is 51.0 Å². The number of hydrogen-bond donors (Lipinski definition) is 2. The van der Waals surface area contributed by atoms with Crippen molar-refractivity contribution in [1.82, 2.24) is 24.6 Å². The monoisotopic (exact) mass is 415 g/mol. The van der Waals surface area contributed by atoms with Crippen LogP contribution < -0.4 is 10.9 Å². The molecule has 0 spiro atoms. The van der Waals surface area contributed by atoms with Gasteiger partial charge in [-0.2, -0.15) is 0 Å². The van der Waals surface area contributed by atoms with Crippen molar-refractivity contribution in [1.29, 1.82) is 0 Å². The Morgan fingerprint density at radius 1 is 1.41 bits per heavy atom. The Kier molecular flexibility index (Phi) is 5.79. The van der Waals surface area contributed by atoms with E-state index in [2.05, 4.69) is 27.1 Å². The van der Waals surface area contributed by atoms with Crippen LogP contribution in [0.1, 0.15) is 40.0 Å². The SMILES string of the molecule is CCC1CN(Cc2ccc(C(=O)NCc3cn4cc(C)sc4n3)c(=O)[nH]2)CCO1. The molecule has 154 valence electrons. The minimum Gasteiger partial charge on any atom is -0.376 e. The van der Waals surface area contributed by atoms with E-state index in [-0.39, 0.29) is 23.8 Å². The van der Waals surface area contributed by atoms with Gasteiger partial charge in [0.1, 0.15) is 5.56 Å². The predicted octanol–water partition coefficient (Wildman–Crippen LogP) is 1.93. The second-order valence-electron chi connectivity index (χ2n) is 7.31. The lowest BCUT2D eigenvalue weighted by molar-refractivity contribution is -0.0328. The summed E-state index contributed by atoms with van der Waals surface area (Å²) in [5.41, 5.74) is 1.30. The van der Waals surface area contributed by atoms with E-state index in [4.69, 9.17) is 4.74 Å². The van der Waals surface area contributed by atoms with Gasteiger partial charge in [-0.3, -0.25) is 18.9 Å². The van der Waals surface area contributed by atoms with Crippen LogP contribution in [-0.2, 0) is 17.8 Å². The fraction of sp³-hybridized carbons (Fsp3) is 0.450. The molecule has 1 saturated heterocycles. The molecule has 1 aliphatic rings. The van der Waals surface area contributed by atoms with Crippen LogP contribution in [0.5, 0.6) is 0 Å². The van der Waals surface area contributed by atoms with Crippen molar-refractivity contribution in [2.75, 3.05) is 19.7 Å². The first-order chi connectivity index (χ1) is 14.0. The lowest BCUT2D eigenvalue weighted by atomic mass is 10.2. The highest BCUT2D eigenvalue weighted by Crippen LogP contribution is 2.16. The maximum absolute atomic E-state index is 12.4. The summed E-state index contributed by atoms with van der Waals surface area (Å²) in [7, 11) is 0. The normalized spacial score (nSPS) is 17.7. The minimum atomic E-state index is -0.400. The van der Waals surface area contributed by atoms with Gasteiger partial charge in [0.05, 0.1) is 24.9 Å². The number of aromatic amines is 1. The van der Waals surface area contributed by atoms with Gasteiger partial charge < -0.3 is 15.0 Å². The molecule has 4 heterocycles. The van der Waals surface area contributed by atoms with Crippen molar-refractivity contribution < 1.29 is 9.53 Å². The van der Waals surface area contributed by atoms with Gasteiger partial charge in [0.25, 0.3) is 11.5 Å². The van der Waals surface area contributed by atoms with Crippen molar-refractivity contribution >= 4 is 22.2 Å². The van der Waals surface area contributed by atoms with E-state index in [0.717, 1.165) is 35.9 Å². The first kappa shape index (κ1) is 19.8. The number of aryl methyl sites for hydroxylation is 1. The smallest absolute Gasteiger partial charge is 0.261 e. The Hall–Kier alpha value is -2.49. The number of pyridine rings is 1. The van der Waals surface area contributed by atoms with Crippen LogP contribution >= 0.6 is 11.3 Å². The summed E-state index contributed by atoms with van der Waals surface area (Å²) in [6.07, 6.45) is 5.10. The van der Waals surface area contributed by atoms with Crippen LogP contribution in [0.15, 0.2) is 29.3 Å². The zero-order valence-electron chi connectivity index (χ0n) is 16.6.